The molecule has 4 rings (SSSR count). The maximum absolute atomic E-state index is 12.6. The molecule has 1 aliphatic heterocycles. The summed E-state index contributed by atoms with van der Waals surface area (Å²) in [5, 5.41) is 4.63. The Hall–Kier alpha value is -3.66. The molecule has 0 aliphatic carbocycles. The lowest BCUT2D eigenvalue weighted by Gasteiger charge is -2.20. The molecule has 166 valence electrons. The second-order valence-corrected chi connectivity index (χ2v) is 7.34. The highest BCUT2D eigenvalue weighted by atomic mass is 32.1. The molecule has 1 amide bonds. The monoisotopic (exact) mass is 460 g/mol. The minimum atomic E-state index is -2.95. The van der Waals surface area contributed by atoms with Gasteiger partial charge in [0.2, 0.25) is 11.7 Å². The third-order valence-electron chi connectivity index (χ3n) is 4.39. The van der Waals surface area contributed by atoms with E-state index in [1.54, 1.807) is 41.8 Å². The van der Waals surface area contributed by atoms with Crippen molar-refractivity contribution in [2.24, 2.45) is 0 Å². The van der Waals surface area contributed by atoms with Gasteiger partial charge in [-0.1, -0.05) is 12.1 Å². The van der Waals surface area contributed by atoms with Crippen molar-refractivity contribution in [2.75, 3.05) is 25.6 Å². The van der Waals surface area contributed by atoms with E-state index in [1.165, 1.54) is 30.6 Å². The summed E-state index contributed by atoms with van der Waals surface area (Å²) in [7, 11) is 1.53. The number of benzene rings is 2. The smallest absolute Gasteiger partial charge is 0.387 e. The molecule has 7 nitrogen and oxygen atoms in total. The maximum atomic E-state index is 12.6. The second kappa shape index (κ2) is 9.65. The number of amides is 1. The number of para-hydroxylation sites is 1. The molecule has 2 aromatic carbocycles. The van der Waals surface area contributed by atoms with Gasteiger partial charge in [0.1, 0.15) is 19.0 Å². The number of alkyl halides is 2. The molecule has 0 saturated heterocycles. The highest BCUT2D eigenvalue weighted by Crippen LogP contribution is 2.40. The fourth-order valence-electron chi connectivity index (χ4n) is 3.04. The van der Waals surface area contributed by atoms with Gasteiger partial charge in [-0.2, -0.15) is 8.78 Å². The summed E-state index contributed by atoms with van der Waals surface area (Å²) >= 11 is 1.17. The number of nitrogens with one attached hydrogen (secondary N) is 1. The van der Waals surface area contributed by atoms with Gasteiger partial charge in [-0.05, 0) is 35.9 Å². The number of fused-ring (bicyclic) bond motifs is 1. The molecule has 0 bridgehead atoms. The molecule has 0 saturated carbocycles. The fraction of sp³-hybridized carbons (Fsp3) is 0.182. The molecule has 1 aromatic heterocycles. The van der Waals surface area contributed by atoms with Crippen LogP contribution >= 0.6 is 11.3 Å². The van der Waals surface area contributed by atoms with E-state index in [1.807, 2.05) is 0 Å². The van der Waals surface area contributed by atoms with Gasteiger partial charge in [0, 0.05) is 17.0 Å². The lowest BCUT2D eigenvalue weighted by Crippen LogP contribution is -2.16. The van der Waals surface area contributed by atoms with E-state index in [9.17, 15) is 13.6 Å². The number of hydrogen-bond acceptors (Lipinski definition) is 7. The van der Waals surface area contributed by atoms with Crippen molar-refractivity contribution in [1.29, 1.82) is 0 Å². The maximum Gasteiger partial charge on any atom is 0.387 e. The van der Waals surface area contributed by atoms with Crippen LogP contribution in [0.25, 0.3) is 17.3 Å². The Morgan fingerprint density at radius 2 is 2.03 bits per heavy atom. The molecule has 0 unspecified atom stereocenters. The molecule has 32 heavy (non-hydrogen) atoms. The predicted molar refractivity (Wildman–Crippen MR) is 116 cm³/mol. The Morgan fingerprint density at radius 3 is 2.84 bits per heavy atom. The number of nitrogens with zero attached hydrogens (tertiary/aromatic N) is 1. The lowest BCUT2D eigenvalue weighted by atomic mass is 10.1. The molecule has 2 heterocycles. The largest absolute Gasteiger partial charge is 0.493 e. The number of carbonyl (C=O) groups excluding carboxylic acids is 1. The quantitative estimate of drug-likeness (QED) is 0.508. The molecular formula is C22H18F2N2O5S. The highest BCUT2D eigenvalue weighted by Gasteiger charge is 2.18. The average Bonchev–Trinajstić information content (AvgIpc) is 3.25. The van der Waals surface area contributed by atoms with Crippen molar-refractivity contribution < 1.29 is 32.5 Å². The summed E-state index contributed by atoms with van der Waals surface area (Å²) in [6.45, 7) is -2.07. The molecule has 0 fully saturated rings. The molecule has 1 aliphatic rings. The number of carbonyl (C=O) groups is 1. The zero-order valence-corrected chi connectivity index (χ0v) is 17.7. The van der Waals surface area contributed by atoms with Gasteiger partial charge in [-0.25, -0.2) is 4.98 Å². The van der Waals surface area contributed by atoms with E-state index in [0.29, 0.717) is 52.4 Å². The van der Waals surface area contributed by atoms with Crippen molar-refractivity contribution in [3.8, 4) is 34.3 Å². The SMILES string of the molecule is COc1cc(/C=C/C(=O)Nc2nc(-c3ccccc3OC(F)F)cs2)cc2c1OCCO2. The van der Waals surface area contributed by atoms with E-state index in [0.717, 1.165) is 0 Å². The third kappa shape index (κ3) is 4.97. The van der Waals surface area contributed by atoms with Crippen molar-refractivity contribution >= 4 is 28.5 Å². The number of halogens is 2. The van der Waals surface area contributed by atoms with Gasteiger partial charge < -0.3 is 18.9 Å². The standard InChI is InChI=1S/C22H18F2N2O5S/c1-28-17-10-13(11-18-20(17)30-9-8-29-18)6-7-19(27)26-22-25-15(12-32-22)14-4-2-3-5-16(14)31-21(23)24/h2-7,10-12,21H,8-9H2,1H3,(H,25,26,27)/b7-6+. The summed E-state index contributed by atoms with van der Waals surface area (Å²) in [4.78, 5) is 16.6. The van der Waals surface area contributed by atoms with Crippen molar-refractivity contribution in [1.82, 2.24) is 4.98 Å². The molecule has 0 spiro atoms. The van der Waals surface area contributed by atoms with Crippen molar-refractivity contribution in [2.45, 2.75) is 6.61 Å². The number of ether oxygens (including phenoxy) is 4. The molecule has 0 atom stereocenters. The van der Waals surface area contributed by atoms with Gasteiger partial charge in [0.05, 0.1) is 12.8 Å². The summed E-state index contributed by atoms with van der Waals surface area (Å²) in [6.07, 6.45) is 2.95. The van der Waals surface area contributed by atoms with Crippen LogP contribution in [0.5, 0.6) is 23.0 Å². The Bertz CT molecular complexity index is 1130. The first-order chi connectivity index (χ1) is 15.5. The summed E-state index contributed by atoms with van der Waals surface area (Å²) in [5.74, 6) is 1.20. The van der Waals surface area contributed by atoms with Crippen LogP contribution in [0.2, 0.25) is 0 Å². The Kier molecular flexibility index (Phi) is 6.50. The van der Waals surface area contributed by atoms with Crippen LogP contribution in [-0.4, -0.2) is 37.8 Å². The highest BCUT2D eigenvalue weighted by molar-refractivity contribution is 7.14. The van der Waals surface area contributed by atoms with Crippen LogP contribution in [0.4, 0.5) is 13.9 Å². The zero-order valence-electron chi connectivity index (χ0n) is 16.8. The van der Waals surface area contributed by atoms with E-state index in [2.05, 4.69) is 15.0 Å². The molecule has 1 N–H and O–H groups in total. The normalized spacial score (nSPS) is 12.8. The Balaban J connectivity index is 1.46. The van der Waals surface area contributed by atoms with E-state index in [4.69, 9.17) is 14.2 Å². The topological polar surface area (TPSA) is 78.9 Å². The first-order valence-electron chi connectivity index (χ1n) is 9.50. The third-order valence-corrected chi connectivity index (χ3v) is 5.15. The van der Waals surface area contributed by atoms with Gasteiger partial charge in [-0.3, -0.25) is 10.1 Å². The van der Waals surface area contributed by atoms with Gasteiger partial charge >= 0.3 is 6.61 Å². The minimum Gasteiger partial charge on any atom is -0.493 e. The molecule has 3 aromatic rings. The van der Waals surface area contributed by atoms with Crippen LogP contribution in [-0.2, 0) is 4.79 Å². The van der Waals surface area contributed by atoms with Crippen LogP contribution in [0.1, 0.15) is 5.56 Å². The lowest BCUT2D eigenvalue weighted by molar-refractivity contribution is -0.111. The van der Waals surface area contributed by atoms with Gasteiger partial charge in [0.25, 0.3) is 0 Å². The number of anilines is 1. The predicted octanol–water partition coefficient (Wildman–Crippen LogP) is 4.84. The summed E-state index contributed by atoms with van der Waals surface area (Å²) < 4.78 is 46.3. The van der Waals surface area contributed by atoms with Crippen LogP contribution in [0.3, 0.4) is 0 Å². The molecule has 0 radical (unpaired) electrons. The summed E-state index contributed by atoms with van der Waals surface area (Å²) in [6, 6.07) is 9.82. The first-order valence-corrected chi connectivity index (χ1v) is 10.4. The van der Waals surface area contributed by atoms with Crippen LogP contribution < -0.4 is 24.3 Å². The fourth-order valence-corrected chi connectivity index (χ4v) is 3.75. The molecule has 10 heteroatoms. The Labute approximate surface area is 186 Å². The number of methoxy groups -OCH3 is 1. The number of hydrogen-bond donors (Lipinski definition) is 1. The first kappa shape index (κ1) is 21.6. The van der Waals surface area contributed by atoms with Gasteiger partial charge in [-0.15, -0.1) is 11.3 Å². The number of rotatable bonds is 7. The van der Waals surface area contributed by atoms with Crippen molar-refractivity contribution in [3.05, 3.63) is 53.4 Å². The van der Waals surface area contributed by atoms with Crippen molar-refractivity contribution in [3.63, 3.8) is 0 Å². The van der Waals surface area contributed by atoms with Gasteiger partial charge in [0.15, 0.2) is 16.6 Å². The zero-order chi connectivity index (χ0) is 22.5. The summed E-state index contributed by atoms with van der Waals surface area (Å²) in [5.41, 5.74) is 1.52. The van der Waals surface area contributed by atoms with E-state index < -0.39 is 12.5 Å². The molecular weight excluding hydrogens is 442 g/mol. The van der Waals surface area contributed by atoms with Crippen LogP contribution in [0.15, 0.2) is 47.9 Å². The average molecular weight is 460 g/mol. The second-order valence-electron chi connectivity index (χ2n) is 6.48. The van der Waals surface area contributed by atoms with E-state index in [-0.39, 0.29) is 5.75 Å². The number of thiazole rings is 1. The minimum absolute atomic E-state index is 0.0122. The van der Waals surface area contributed by atoms with Crippen LogP contribution in [0, 0.1) is 0 Å². The Morgan fingerprint density at radius 1 is 1.22 bits per heavy atom. The van der Waals surface area contributed by atoms with E-state index >= 15 is 0 Å². The number of aromatic nitrogens is 1.